The molecule has 0 spiro atoms. The molecule has 0 fully saturated rings. The summed E-state index contributed by atoms with van der Waals surface area (Å²) in [6.45, 7) is 0. The number of para-hydroxylation sites is 1. The molecule has 3 aromatic carbocycles. The second-order valence-electron chi connectivity index (χ2n) is 5.38. The first-order valence-corrected chi connectivity index (χ1v) is 8.44. The van der Waals surface area contributed by atoms with E-state index in [0.29, 0.717) is 5.82 Å². The molecule has 1 heterocycles. The predicted octanol–water partition coefficient (Wildman–Crippen LogP) is 5.36. The third kappa shape index (κ3) is 2.88. The molecule has 0 N–H and O–H groups in total. The van der Waals surface area contributed by atoms with Gasteiger partial charge in [0.1, 0.15) is 0 Å². The molecule has 0 aliphatic carbocycles. The van der Waals surface area contributed by atoms with Crippen molar-refractivity contribution in [1.29, 1.82) is 0 Å². The Labute approximate surface area is 148 Å². The monoisotopic (exact) mass is 375 g/mol. The van der Waals surface area contributed by atoms with E-state index >= 15 is 0 Å². The summed E-state index contributed by atoms with van der Waals surface area (Å²) in [5.41, 5.74) is 3.02. The molecule has 3 nitrogen and oxygen atoms in total. The number of benzene rings is 3. The first-order valence-electron chi connectivity index (χ1n) is 7.65. The summed E-state index contributed by atoms with van der Waals surface area (Å²) < 4.78 is 2.93. The van der Waals surface area contributed by atoms with Gasteiger partial charge in [-0.2, -0.15) is 0 Å². The Morgan fingerprint density at radius 1 is 0.667 bits per heavy atom. The van der Waals surface area contributed by atoms with Gasteiger partial charge in [-0.15, -0.1) is 5.10 Å². The lowest BCUT2D eigenvalue weighted by atomic mass is 10.2. The number of hydrogen-bond donors (Lipinski definition) is 0. The summed E-state index contributed by atoms with van der Waals surface area (Å²) >= 11 is 3.47. The number of aromatic nitrogens is 3. The third-order valence-corrected chi connectivity index (χ3v) is 4.27. The smallest absolute Gasteiger partial charge is 0.182 e. The third-order valence-electron chi connectivity index (χ3n) is 3.74. The van der Waals surface area contributed by atoms with Crippen LogP contribution >= 0.6 is 15.9 Å². The van der Waals surface area contributed by atoms with Crippen LogP contribution in [-0.4, -0.2) is 14.8 Å². The molecule has 0 saturated heterocycles. The van der Waals surface area contributed by atoms with Crippen molar-refractivity contribution in [3.05, 3.63) is 89.4 Å². The number of rotatable bonds is 3. The summed E-state index contributed by atoms with van der Waals surface area (Å²) in [6.07, 6.45) is 0. The van der Waals surface area contributed by atoms with Crippen LogP contribution in [0.3, 0.4) is 0 Å². The van der Waals surface area contributed by atoms with Crippen LogP contribution in [0.4, 0.5) is 0 Å². The zero-order valence-corrected chi connectivity index (χ0v) is 14.4. The Bertz CT molecular complexity index is 888. The second-order valence-corrected chi connectivity index (χ2v) is 6.29. The van der Waals surface area contributed by atoms with Crippen molar-refractivity contribution in [2.75, 3.05) is 0 Å². The van der Waals surface area contributed by atoms with Crippen LogP contribution < -0.4 is 0 Å². The highest BCUT2D eigenvalue weighted by Crippen LogP contribution is 2.26. The topological polar surface area (TPSA) is 30.7 Å². The standard InChI is InChI=1S/C20H14BrN3/c21-17-13-11-15(12-14-17)19-22-20(16-7-3-1-4-8-16)24(23-19)18-9-5-2-6-10-18/h1-14H. The summed E-state index contributed by atoms with van der Waals surface area (Å²) in [5, 5.41) is 4.75. The minimum atomic E-state index is 0.713. The molecule has 24 heavy (non-hydrogen) atoms. The van der Waals surface area contributed by atoms with E-state index in [-0.39, 0.29) is 0 Å². The zero-order valence-electron chi connectivity index (χ0n) is 12.8. The largest absolute Gasteiger partial charge is 0.213 e. The van der Waals surface area contributed by atoms with Crippen LogP contribution in [0, 0.1) is 0 Å². The van der Waals surface area contributed by atoms with Crippen molar-refractivity contribution in [3.8, 4) is 28.5 Å². The molecule has 0 aliphatic rings. The average molecular weight is 376 g/mol. The van der Waals surface area contributed by atoms with E-state index in [9.17, 15) is 0 Å². The van der Waals surface area contributed by atoms with E-state index < -0.39 is 0 Å². The first kappa shape index (κ1) is 14.8. The minimum absolute atomic E-state index is 0.713. The summed E-state index contributed by atoms with van der Waals surface area (Å²) in [7, 11) is 0. The maximum absolute atomic E-state index is 4.79. The first-order chi connectivity index (χ1) is 11.8. The molecule has 0 atom stereocenters. The lowest BCUT2D eigenvalue weighted by Gasteiger charge is -2.05. The fourth-order valence-corrected chi connectivity index (χ4v) is 2.82. The van der Waals surface area contributed by atoms with E-state index in [1.54, 1.807) is 0 Å². The van der Waals surface area contributed by atoms with Crippen molar-refractivity contribution in [2.24, 2.45) is 0 Å². The van der Waals surface area contributed by atoms with E-state index in [4.69, 9.17) is 10.1 Å². The van der Waals surface area contributed by atoms with Crippen LogP contribution in [0.2, 0.25) is 0 Å². The maximum atomic E-state index is 4.79. The molecule has 4 heteroatoms. The second kappa shape index (κ2) is 6.42. The lowest BCUT2D eigenvalue weighted by molar-refractivity contribution is 0.890. The van der Waals surface area contributed by atoms with Crippen LogP contribution in [0.15, 0.2) is 89.4 Å². The van der Waals surface area contributed by atoms with E-state index in [1.165, 1.54) is 0 Å². The molecule has 0 saturated carbocycles. The molecule has 4 aromatic rings. The van der Waals surface area contributed by atoms with Gasteiger partial charge in [0.05, 0.1) is 5.69 Å². The highest BCUT2D eigenvalue weighted by Gasteiger charge is 2.14. The van der Waals surface area contributed by atoms with Gasteiger partial charge in [0.15, 0.2) is 11.6 Å². The minimum Gasteiger partial charge on any atom is -0.213 e. The van der Waals surface area contributed by atoms with Gasteiger partial charge in [-0.25, -0.2) is 9.67 Å². The van der Waals surface area contributed by atoms with Gasteiger partial charge in [-0.1, -0.05) is 76.6 Å². The van der Waals surface area contributed by atoms with Gasteiger partial charge < -0.3 is 0 Å². The predicted molar refractivity (Wildman–Crippen MR) is 99.9 cm³/mol. The van der Waals surface area contributed by atoms with Crippen LogP contribution in [0.5, 0.6) is 0 Å². The van der Waals surface area contributed by atoms with Gasteiger partial charge >= 0.3 is 0 Å². The fourth-order valence-electron chi connectivity index (χ4n) is 2.56. The summed E-state index contributed by atoms with van der Waals surface area (Å²) in [6, 6.07) is 28.2. The van der Waals surface area contributed by atoms with Gasteiger partial charge in [0, 0.05) is 15.6 Å². The average Bonchev–Trinajstić information content (AvgIpc) is 3.09. The van der Waals surface area contributed by atoms with Gasteiger partial charge in [0.2, 0.25) is 0 Å². The van der Waals surface area contributed by atoms with Gasteiger partial charge in [-0.3, -0.25) is 0 Å². The van der Waals surface area contributed by atoms with Crippen molar-refractivity contribution in [3.63, 3.8) is 0 Å². The van der Waals surface area contributed by atoms with Crippen LogP contribution in [0.25, 0.3) is 28.5 Å². The van der Waals surface area contributed by atoms with Crippen molar-refractivity contribution < 1.29 is 0 Å². The molecule has 4 rings (SSSR count). The Kier molecular flexibility index (Phi) is 3.97. The molecule has 0 radical (unpaired) electrons. The Hall–Kier alpha value is -2.72. The van der Waals surface area contributed by atoms with Crippen molar-refractivity contribution in [2.45, 2.75) is 0 Å². The summed E-state index contributed by atoms with van der Waals surface area (Å²) in [4.78, 5) is 4.79. The Morgan fingerprint density at radius 2 is 1.29 bits per heavy atom. The molecule has 0 unspecified atom stereocenters. The lowest BCUT2D eigenvalue weighted by Crippen LogP contribution is -1.99. The Morgan fingerprint density at radius 3 is 1.96 bits per heavy atom. The molecule has 116 valence electrons. The van der Waals surface area contributed by atoms with Crippen LogP contribution in [-0.2, 0) is 0 Å². The summed E-state index contributed by atoms with van der Waals surface area (Å²) in [5.74, 6) is 1.55. The highest BCUT2D eigenvalue weighted by molar-refractivity contribution is 9.10. The molecule has 1 aromatic heterocycles. The fraction of sp³-hybridized carbons (Fsp3) is 0. The van der Waals surface area contributed by atoms with E-state index in [2.05, 4.69) is 28.1 Å². The zero-order chi connectivity index (χ0) is 16.4. The normalized spacial score (nSPS) is 10.7. The maximum Gasteiger partial charge on any atom is 0.182 e. The SMILES string of the molecule is Brc1ccc(-c2nc(-c3ccccc3)n(-c3ccccc3)n2)cc1. The molecule has 0 aliphatic heterocycles. The number of hydrogen-bond acceptors (Lipinski definition) is 2. The van der Waals surface area contributed by atoms with Gasteiger partial charge in [0.25, 0.3) is 0 Å². The number of nitrogens with zero attached hydrogens (tertiary/aromatic N) is 3. The highest BCUT2D eigenvalue weighted by atomic mass is 79.9. The van der Waals surface area contributed by atoms with Gasteiger partial charge in [-0.05, 0) is 24.3 Å². The quantitative estimate of drug-likeness (QED) is 0.482. The molecular formula is C20H14BrN3. The van der Waals surface area contributed by atoms with Crippen molar-refractivity contribution in [1.82, 2.24) is 14.8 Å². The molecule has 0 amide bonds. The number of halogens is 1. The Balaban J connectivity index is 1.89. The van der Waals surface area contributed by atoms with Crippen LogP contribution in [0.1, 0.15) is 0 Å². The van der Waals surface area contributed by atoms with E-state index in [1.807, 2.05) is 77.5 Å². The molecular weight excluding hydrogens is 362 g/mol. The van der Waals surface area contributed by atoms with E-state index in [0.717, 1.165) is 27.1 Å². The molecule has 0 bridgehead atoms. The van der Waals surface area contributed by atoms with Crippen molar-refractivity contribution >= 4 is 15.9 Å².